The molecule has 1 atom stereocenters. The molecule has 1 aliphatic heterocycles. The first-order valence-electron chi connectivity index (χ1n) is 10.3. The predicted molar refractivity (Wildman–Crippen MR) is 122 cm³/mol. The summed E-state index contributed by atoms with van der Waals surface area (Å²) in [6.07, 6.45) is 2.95. The number of nitrogens with zero attached hydrogens (tertiary/aromatic N) is 2. The number of anilines is 1. The Hall–Kier alpha value is -3.09. The highest BCUT2D eigenvalue weighted by Gasteiger charge is 2.27. The quantitative estimate of drug-likeness (QED) is 0.601. The van der Waals surface area contributed by atoms with Gasteiger partial charge in [0.2, 0.25) is 0 Å². The van der Waals surface area contributed by atoms with E-state index in [1.807, 2.05) is 19.3 Å². The van der Waals surface area contributed by atoms with E-state index in [1.165, 1.54) is 11.1 Å². The van der Waals surface area contributed by atoms with E-state index in [0.717, 1.165) is 25.2 Å². The fourth-order valence-electron chi connectivity index (χ4n) is 4.05. The smallest absolute Gasteiger partial charge is 0.313 e. The van der Waals surface area contributed by atoms with Crippen LogP contribution in [0.25, 0.3) is 0 Å². The van der Waals surface area contributed by atoms with Crippen molar-refractivity contribution in [3.05, 3.63) is 88.7 Å². The van der Waals surface area contributed by atoms with Crippen molar-refractivity contribution in [2.45, 2.75) is 19.0 Å². The van der Waals surface area contributed by atoms with Crippen LogP contribution < -0.4 is 10.6 Å². The SMILES string of the molecule is Cn1cccc1C(CNC(=O)C(=O)Nc1cccc(Cl)c1)N1CCc2ccccc2C1. The third-order valence-corrected chi connectivity index (χ3v) is 5.91. The number of amides is 2. The third-order valence-electron chi connectivity index (χ3n) is 5.67. The minimum Gasteiger partial charge on any atom is -0.353 e. The number of rotatable bonds is 5. The molecule has 1 aromatic heterocycles. The zero-order valence-corrected chi connectivity index (χ0v) is 18.1. The van der Waals surface area contributed by atoms with Crippen LogP contribution in [0.4, 0.5) is 5.69 Å². The van der Waals surface area contributed by atoms with Gasteiger partial charge < -0.3 is 15.2 Å². The topological polar surface area (TPSA) is 66.4 Å². The van der Waals surface area contributed by atoms with Crippen LogP contribution >= 0.6 is 11.6 Å². The minimum absolute atomic E-state index is 0.0451. The number of halogens is 1. The number of fused-ring (bicyclic) bond motifs is 1. The summed E-state index contributed by atoms with van der Waals surface area (Å²) in [7, 11) is 1.99. The second-order valence-electron chi connectivity index (χ2n) is 7.72. The molecule has 2 aromatic carbocycles. The number of hydrogen-bond acceptors (Lipinski definition) is 3. The zero-order chi connectivity index (χ0) is 21.8. The van der Waals surface area contributed by atoms with Gasteiger partial charge in [0.1, 0.15) is 0 Å². The first-order valence-corrected chi connectivity index (χ1v) is 10.7. The number of hydrogen-bond donors (Lipinski definition) is 2. The van der Waals surface area contributed by atoms with Gasteiger partial charge in [-0.2, -0.15) is 0 Å². The molecule has 2 N–H and O–H groups in total. The Labute approximate surface area is 186 Å². The molecule has 0 radical (unpaired) electrons. The van der Waals surface area contributed by atoms with Gasteiger partial charge in [-0.3, -0.25) is 14.5 Å². The number of carbonyl (C=O) groups excluding carboxylic acids is 2. The summed E-state index contributed by atoms with van der Waals surface area (Å²) < 4.78 is 2.06. The van der Waals surface area contributed by atoms with E-state index in [0.29, 0.717) is 17.3 Å². The Morgan fingerprint density at radius 1 is 1.03 bits per heavy atom. The first-order chi connectivity index (χ1) is 15.0. The van der Waals surface area contributed by atoms with Gasteiger partial charge in [-0.25, -0.2) is 0 Å². The molecule has 0 saturated carbocycles. The molecule has 1 aliphatic rings. The monoisotopic (exact) mass is 436 g/mol. The van der Waals surface area contributed by atoms with Crippen LogP contribution in [0, 0.1) is 0 Å². The van der Waals surface area contributed by atoms with Crippen LogP contribution in [0.1, 0.15) is 22.9 Å². The number of benzene rings is 2. The maximum atomic E-state index is 12.5. The molecule has 0 spiro atoms. The predicted octanol–water partition coefficient (Wildman–Crippen LogP) is 3.53. The Morgan fingerprint density at radius 2 is 1.84 bits per heavy atom. The van der Waals surface area contributed by atoms with Crippen molar-refractivity contribution in [3.63, 3.8) is 0 Å². The van der Waals surface area contributed by atoms with E-state index in [4.69, 9.17) is 11.6 Å². The number of aromatic nitrogens is 1. The highest BCUT2D eigenvalue weighted by atomic mass is 35.5. The van der Waals surface area contributed by atoms with E-state index in [-0.39, 0.29) is 6.04 Å². The van der Waals surface area contributed by atoms with E-state index < -0.39 is 11.8 Å². The third kappa shape index (κ3) is 4.98. The molecule has 0 aliphatic carbocycles. The fourth-order valence-corrected chi connectivity index (χ4v) is 4.24. The van der Waals surface area contributed by atoms with E-state index >= 15 is 0 Å². The Morgan fingerprint density at radius 3 is 2.58 bits per heavy atom. The van der Waals surface area contributed by atoms with Crippen molar-refractivity contribution in [2.24, 2.45) is 7.05 Å². The van der Waals surface area contributed by atoms with Crippen molar-refractivity contribution in [1.82, 2.24) is 14.8 Å². The molecule has 2 amide bonds. The molecule has 0 fully saturated rings. The molecule has 3 aromatic rings. The van der Waals surface area contributed by atoms with Crippen LogP contribution in [0.2, 0.25) is 5.02 Å². The van der Waals surface area contributed by atoms with Gasteiger partial charge in [-0.05, 0) is 47.9 Å². The lowest BCUT2D eigenvalue weighted by Gasteiger charge is -2.36. The molecular formula is C24H25ClN4O2. The van der Waals surface area contributed by atoms with Gasteiger partial charge in [-0.1, -0.05) is 41.9 Å². The summed E-state index contributed by atoms with van der Waals surface area (Å²) in [5.74, 6) is -1.38. The number of nitrogens with one attached hydrogen (secondary N) is 2. The van der Waals surface area contributed by atoms with Crippen LogP contribution in [-0.4, -0.2) is 34.4 Å². The Bertz CT molecular complexity index is 1090. The molecule has 6 nitrogen and oxygen atoms in total. The average molecular weight is 437 g/mol. The second-order valence-corrected chi connectivity index (χ2v) is 8.16. The standard InChI is InChI=1S/C24H25ClN4O2/c1-28-12-5-10-21(28)22(29-13-11-17-6-2-3-7-18(17)16-29)15-26-23(30)24(31)27-20-9-4-8-19(25)14-20/h2-10,12,14,22H,11,13,15-16H2,1H3,(H,26,30)(H,27,31). The average Bonchev–Trinajstić information content (AvgIpc) is 3.19. The normalized spacial score (nSPS) is 14.5. The largest absolute Gasteiger partial charge is 0.353 e. The molecule has 4 rings (SSSR count). The first kappa shape index (κ1) is 21.2. The molecule has 160 valence electrons. The van der Waals surface area contributed by atoms with E-state index in [1.54, 1.807) is 24.3 Å². The van der Waals surface area contributed by atoms with Crippen molar-refractivity contribution < 1.29 is 9.59 Å². The van der Waals surface area contributed by atoms with Crippen molar-refractivity contribution >= 4 is 29.1 Å². The summed E-state index contributed by atoms with van der Waals surface area (Å²) in [5, 5.41) is 5.90. The van der Waals surface area contributed by atoms with Crippen LogP contribution in [0.5, 0.6) is 0 Å². The molecule has 1 unspecified atom stereocenters. The molecule has 31 heavy (non-hydrogen) atoms. The molecular weight excluding hydrogens is 412 g/mol. The number of aryl methyl sites for hydroxylation is 1. The van der Waals surface area contributed by atoms with Crippen molar-refractivity contribution in [1.29, 1.82) is 0 Å². The molecule has 0 saturated heterocycles. The maximum absolute atomic E-state index is 12.5. The van der Waals surface area contributed by atoms with Gasteiger partial charge >= 0.3 is 11.8 Å². The van der Waals surface area contributed by atoms with Gasteiger partial charge in [0.15, 0.2) is 0 Å². The van der Waals surface area contributed by atoms with Crippen LogP contribution in [0.15, 0.2) is 66.9 Å². The van der Waals surface area contributed by atoms with E-state index in [2.05, 4.69) is 50.4 Å². The van der Waals surface area contributed by atoms with Gasteiger partial charge in [-0.15, -0.1) is 0 Å². The van der Waals surface area contributed by atoms with Crippen LogP contribution in [0.3, 0.4) is 0 Å². The lowest BCUT2D eigenvalue weighted by atomic mass is 9.98. The maximum Gasteiger partial charge on any atom is 0.313 e. The van der Waals surface area contributed by atoms with E-state index in [9.17, 15) is 9.59 Å². The highest BCUT2D eigenvalue weighted by Crippen LogP contribution is 2.27. The summed E-state index contributed by atoms with van der Waals surface area (Å²) >= 11 is 5.94. The Kier molecular flexibility index (Phi) is 6.39. The fraction of sp³-hybridized carbons (Fsp3) is 0.250. The van der Waals surface area contributed by atoms with Crippen LogP contribution in [-0.2, 0) is 29.6 Å². The minimum atomic E-state index is -0.711. The van der Waals surface area contributed by atoms with Crippen molar-refractivity contribution in [2.75, 3.05) is 18.4 Å². The summed E-state index contributed by atoms with van der Waals surface area (Å²) in [5.41, 5.74) is 4.25. The van der Waals surface area contributed by atoms with Crippen molar-refractivity contribution in [3.8, 4) is 0 Å². The lowest BCUT2D eigenvalue weighted by Crippen LogP contribution is -2.44. The highest BCUT2D eigenvalue weighted by molar-refractivity contribution is 6.39. The molecule has 7 heteroatoms. The molecule has 2 heterocycles. The second kappa shape index (κ2) is 9.37. The van der Waals surface area contributed by atoms with Gasteiger partial charge in [0, 0.05) is 49.3 Å². The zero-order valence-electron chi connectivity index (χ0n) is 17.3. The van der Waals surface area contributed by atoms with Gasteiger partial charge in [0.25, 0.3) is 0 Å². The summed E-state index contributed by atoms with van der Waals surface area (Å²) in [6.45, 7) is 2.02. The molecule has 0 bridgehead atoms. The Balaban J connectivity index is 1.45. The summed E-state index contributed by atoms with van der Waals surface area (Å²) in [6, 6.07) is 19.2. The number of carbonyl (C=O) groups is 2. The summed E-state index contributed by atoms with van der Waals surface area (Å²) in [4.78, 5) is 27.2. The van der Waals surface area contributed by atoms with Gasteiger partial charge in [0.05, 0.1) is 6.04 Å². The lowest BCUT2D eigenvalue weighted by molar-refractivity contribution is -0.136.